The maximum absolute atomic E-state index is 12.5. The van der Waals surface area contributed by atoms with E-state index >= 15 is 0 Å². The van der Waals surface area contributed by atoms with E-state index in [-0.39, 0.29) is 56.8 Å². The molecule has 12 heteroatoms. The summed E-state index contributed by atoms with van der Waals surface area (Å²) in [4.78, 5) is 34.9. The quantitative estimate of drug-likeness (QED) is 0.0155. The van der Waals surface area contributed by atoms with E-state index in [0.29, 0.717) is 19.3 Å². The second-order valence-electron chi connectivity index (χ2n) is 15.0. The number of allylic oxidation sites excluding steroid dienone is 4. The third kappa shape index (κ3) is 28.2. The van der Waals surface area contributed by atoms with Crippen molar-refractivity contribution in [1.29, 1.82) is 0 Å². The van der Waals surface area contributed by atoms with E-state index in [1.54, 1.807) is 12.2 Å². The molecule has 0 amide bonds. The highest BCUT2D eigenvalue weighted by molar-refractivity contribution is 7.47. The van der Waals surface area contributed by atoms with Gasteiger partial charge in [-0.25, -0.2) is 4.57 Å². The Morgan fingerprint density at radius 2 is 1.44 bits per heavy atom. The molecule has 1 fully saturated rings. The summed E-state index contributed by atoms with van der Waals surface area (Å²) < 4.78 is 33.2. The Morgan fingerprint density at radius 1 is 0.836 bits per heavy atom. The van der Waals surface area contributed by atoms with Crippen LogP contribution in [-0.4, -0.2) is 71.5 Å². The first-order chi connectivity index (χ1) is 26.6. The van der Waals surface area contributed by atoms with Crippen LogP contribution in [0.25, 0.3) is 0 Å². The molecule has 0 radical (unpaired) electrons. The number of hydrogen-bond donors (Lipinski definition) is 4. The van der Waals surface area contributed by atoms with Gasteiger partial charge in [-0.1, -0.05) is 122 Å². The number of carbonyl (C=O) groups is 2. The molecule has 0 aromatic heterocycles. The number of nitrogens with two attached hydrogens (primary N) is 1. The summed E-state index contributed by atoms with van der Waals surface area (Å²) in [5, 5.41) is 20.7. The van der Waals surface area contributed by atoms with E-state index in [0.717, 1.165) is 64.2 Å². The Kier molecular flexibility index (Phi) is 31.8. The summed E-state index contributed by atoms with van der Waals surface area (Å²) in [6.07, 6.45) is 33.0. The van der Waals surface area contributed by atoms with Crippen molar-refractivity contribution >= 4 is 19.6 Å². The SMILES string of the molecule is CCCCCCCC/C=C\CCCCCC/C=C/O[C@H](COC(=O)CCCCCC[C@H]1[C@@H](O)CC(=O)[C@@H]1/C=C/[C@@H](O)CCCCC)COP(=O)(O)OCCN. The van der Waals surface area contributed by atoms with E-state index in [2.05, 4.69) is 26.0 Å². The lowest BCUT2D eigenvalue weighted by atomic mass is 9.88. The summed E-state index contributed by atoms with van der Waals surface area (Å²) >= 11 is 0. The smallest absolute Gasteiger partial charge is 0.472 e. The first-order valence-corrected chi connectivity index (χ1v) is 23.1. The summed E-state index contributed by atoms with van der Waals surface area (Å²) in [7, 11) is -4.33. The van der Waals surface area contributed by atoms with Crippen molar-refractivity contribution in [2.45, 2.75) is 186 Å². The van der Waals surface area contributed by atoms with Crippen LogP contribution >= 0.6 is 7.82 Å². The van der Waals surface area contributed by atoms with Crippen LogP contribution in [0.15, 0.2) is 36.6 Å². The van der Waals surface area contributed by atoms with Gasteiger partial charge in [-0.05, 0) is 69.8 Å². The van der Waals surface area contributed by atoms with Crippen LogP contribution in [0.2, 0.25) is 0 Å². The van der Waals surface area contributed by atoms with E-state index in [1.165, 1.54) is 64.0 Å². The number of aliphatic hydroxyl groups is 2. The van der Waals surface area contributed by atoms with Gasteiger partial charge < -0.3 is 30.3 Å². The monoisotopic (exact) mass is 800 g/mol. The number of Topliss-reactive ketones (excluding diaryl/α,β-unsaturated/α-hetero) is 1. The van der Waals surface area contributed by atoms with Gasteiger partial charge in [-0.3, -0.25) is 18.6 Å². The Balaban J connectivity index is 2.35. The molecular weight excluding hydrogens is 721 g/mol. The van der Waals surface area contributed by atoms with Crippen molar-refractivity contribution in [2.24, 2.45) is 17.6 Å². The molecule has 11 nitrogen and oxygen atoms in total. The normalized spacial score (nSPS) is 19.8. The van der Waals surface area contributed by atoms with Crippen molar-refractivity contribution in [3.8, 4) is 0 Å². The minimum absolute atomic E-state index is 0.0217. The molecule has 5 N–H and O–H groups in total. The minimum atomic E-state index is -4.33. The predicted octanol–water partition coefficient (Wildman–Crippen LogP) is 9.57. The summed E-state index contributed by atoms with van der Waals surface area (Å²) in [5.41, 5.74) is 5.36. The Labute approximate surface area is 333 Å². The molecule has 0 saturated heterocycles. The van der Waals surface area contributed by atoms with Gasteiger partial charge in [0.25, 0.3) is 0 Å². The zero-order valence-electron chi connectivity index (χ0n) is 34.4. The molecule has 1 saturated carbocycles. The van der Waals surface area contributed by atoms with Crippen LogP contribution < -0.4 is 5.73 Å². The lowest BCUT2D eigenvalue weighted by molar-refractivity contribution is -0.147. The Morgan fingerprint density at radius 3 is 2.11 bits per heavy atom. The summed E-state index contributed by atoms with van der Waals surface area (Å²) in [6.45, 7) is 3.83. The van der Waals surface area contributed by atoms with E-state index in [4.69, 9.17) is 24.3 Å². The van der Waals surface area contributed by atoms with Crippen molar-refractivity contribution in [3.63, 3.8) is 0 Å². The first kappa shape index (κ1) is 51.2. The number of unbranched alkanes of at least 4 members (excludes halogenated alkanes) is 16. The maximum Gasteiger partial charge on any atom is 0.472 e. The van der Waals surface area contributed by atoms with Crippen molar-refractivity contribution < 1.29 is 47.8 Å². The Hall–Kier alpha value is -1.85. The van der Waals surface area contributed by atoms with Gasteiger partial charge in [-0.15, -0.1) is 0 Å². The van der Waals surface area contributed by atoms with Crippen LogP contribution in [0.3, 0.4) is 0 Å². The molecule has 320 valence electrons. The topological polar surface area (TPSA) is 175 Å². The highest BCUT2D eigenvalue weighted by Gasteiger charge is 2.39. The molecule has 0 aromatic rings. The summed E-state index contributed by atoms with van der Waals surface area (Å²) in [5.74, 6) is -0.903. The molecule has 0 spiro atoms. The second kappa shape index (κ2) is 34.2. The molecule has 0 bridgehead atoms. The van der Waals surface area contributed by atoms with E-state index in [1.807, 2.05) is 6.08 Å². The molecule has 1 aliphatic rings. The average molecular weight is 800 g/mol. The van der Waals surface area contributed by atoms with Gasteiger partial charge in [0, 0.05) is 25.3 Å². The lowest BCUT2D eigenvalue weighted by Crippen LogP contribution is -2.25. The zero-order chi connectivity index (χ0) is 40.4. The maximum atomic E-state index is 12.5. The highest BCUT2D eigenvalue weighted by atomic mass is 31.2. The van der Waals surface area contributed by atoms with Crippen LogP contribution in [0, 0.1) is 11.8 Å². The fourth-order valence-corrected chi connectivity index (χ4v) is 7.47. The molecule has 0 aromatic carbocycles. The third-order valence-electron chi connectivity index (χ3n) is 10.0. The van der Waals surface area contributed by atoms with Gasteiger partial charge in [0.15, 0.2) is 6.10 Å². The molecule has 1 rings (SSSR count). The highest BCUT2D eigenvalue weighted by Crippen LogP contribution is 2.43. The number of rotatable bonds is 37. The number of ether oxygens (including phenoxy) is 2. The molecule has 0 aliphatic heterocycles. The number of esters is 1. The molecular formula is C43H78NO10P. The van der Waals surface area contributed by atoms with Gasteiger partial charge in [0.2, 0.25) is 0 Å². The van der Waals surface area contributed by atoms with Crippen molar-refractivity contribution in [3.05, 3.63) is 36.6 Å². The average Bonchev–Trinajstić information content (AvgIpc) is 3.43. The number of hydrogen-bond acceptors (Lipinski definition) is 10. The third-order valence-corrected chi connectivity index (χ3v) is 11.0. The molecule has 55 heavy (non-hydrogen) atoms. The van der Waals surface area contributed by atoms with Gasteiger partial charge >= 0.3 is 13.8 Å². The van der Waals surface area contributed by atoms with E-state index < -0.39 is 32.1 Å². The van der Waals surface area contributed by atoms with Crippen molar-refractivity contribution in [1.82, 2.24) is 0 Å². The minimum Gasteiger partial charge on any atom is -0.492 e. The molecule has 0 heterocycles. The first-order valence-electron chi connectivity index (χ1n) is 21.6. The number of aliphatic hydroxyl groups excluding tert-OH is 2. The van der Waals surface area contributed by atoms with Crippen LogP contribution in [-0.2, 0) is 32.7 Å². The molecule has 1 unspecified atom stereocenters. The summed E-state index contributed by atoms with van der Waals surface area (Å²) in [6, 6.07) is 0. The number of phosphoric acid groups is 1. The van der Waals surface area contributed by atoms with Gasteiger partial charge in [-0.2, -0.15) is 0 Å². The van der Waals surface area contributed by atoms with Crippen molar-refractivity contribution in [2.75, 3.05) is 26.4 Å². The standard InChI is InChI=1S/C43H78NO10P/c1-3-5-7-8-9-10-11-12-13-14-15-16-17-18-21-25-32-51-38(36-54-55(49,50)53-33-31-44)35-52-43(48)28-24-20-19-23-27-39-40(42(47)34-41(39)46)30-29-37(45)26-22-6-4-2/h12-13,25,29-30,32,37-41,45-46H,3-11,14-24,26-28,31,33-36,44H2,1-2H3,(H,49,50)/b13-12-,30-29+,32-25+/t37-,38+,39+,40+,41-/m0/s1. The number of ketones is 1. The van der Waals surface area contributed by atoms with Gasteiger partial charge in [0.1, 0.15) is 12.4 Å². The Bertz CT molecular complexity index is 1100. The fraction of sp³-hybridized carbons (Fsp3) is 0.814. The van der Waals surface area contributed by atoms with Crippen LogP contribution in [0.4, 0.5) is 0 Å². The largest absolute Gasteiger partial charge is 0.492 e. The lowest BCUT2D eigenvalue weighted by Gasteiger charge is -2.19. The fourth-order valence-electron chi connectivity index (χ4n) is 6.70. The number of carbonyl (C=O) groups excluding carboxylic acids is 2. The van der Waals surface area contributed by atoms with E-state index in [9.17, 15) is 29.3 Å². The van der Waals surface area contributed by atoms with Crippen LogP contribution in [0.1, 0.15) is 168 Å². The molecule has 1 aliphatic carbocycles. The molecule has 6 atom stereocenters. The number of phosphoric ester groups is 1. The second-order valence-corrected chi connectivity index (χ2v) is 16.5. The van der Waals surface area contributed by atoms with Crippen LogP contribution in [0.5, 0.6) is 0 Å². The predicted molar refractivity (Wildman–Crippen MR) is 220 cm³/mol. The zero-order valence-corrected chi connectivity index (χ0v) is 35.3. The van der Waals surface area contributed by atoms with Gasteiger partial charge in [0.05, 0.1) is 31.7 Å².